The molecule has 0 atom stereocenters. The summed E-state index contributed by atoms with van der Waals surface area (Å²) in [4.78, 5) is 8.68. The lowest BCUT2D eigenvalue weighted by molar-refractivity contribution is 0.276. The summed E-state index contributed by atoms with van der Waals surface area (Å²) >= 11 is 0. The van der Waals surface area contributed by atoms with E-state index < -0.39 is 0 Å². The number of nitrogens with zero attached hydrogens (tertiary/aromatic N) is 3. The molecule has 86 valence electrons. The van der Waals surface area contributed by atoms with E-state index in [2.05, 4.69) is 36.8 Å². The van der Waals surface area contributed by atoms with Crippen LogP contribution in [0.2, 0.25) is 0 Å². The van der Waals surface area contributed by atoms with Gasteiger partial charge in [0.05, 0.1) is 18.5 Å². The van der Waals surface area contributed by atoms with Crippen LogP contribution in [0.1, 0.15) is 32.2 Å². The Kier molecular flexibility index (Phi) is 2.46. The summed E-state index contributed by atoms with van der Waals surface area (Å²) in [6, 6.07) is 2.06. The lowest BCUT2D eigenvalue weighted by Gasteiger charge is -2.19. The van der Waals surface area contributed by atoms with Gasteiger partial charge in [0.25, 0.3) is 0 Å². The van der Waals surface area contributed by atoms with Crippen LogP contribution in [-0.4, -0.2) is 19.6 Å². The van der Waals surface area contributed by atoms with Crippen LogP contribution in [-0.2, 0) is 19.1 Å². The molecule has 1 N–H and O–H groups in total. The number of fused-ring (bicyclic) bond motifs is 1. The van der Waals surface area contributed by atoms with Crippen molar-refractivity contribution in [1.29, 1.82) is 0 Å². The molecule has 2 rings (SSSR count). The molecule has 2 aromatic heterocycles. The zero-order chi connectivity index (χ0) is 11.9. The van der Waals surface area contributed by atoms with Gasteiger partial charge in [-0.2, -0.15) is 0 Å². The largest absolute Gasteiger partial charge is 0.390 e. The van der Waals surface area contributed by atoms with E-state index in [0.717, 1.165) is 11.2 Å². The van der Waals surface area contributed by atoms with E-state index in [-0.39, 0.29) is 12.0 Å². The summed E-state index contributed by atoms with van der Waals surface area (Å²) in [6.07, 6.45) is 1.62. The van der Waals surface area contributed by atoms with E-state index in [1.54, 1.807) is 6.20 Å². The van der Waals surface area contributed by atoms with Gasteiger partial charge in [0, 0.05) is 18.2 Å². The van der Waals surface area contributed by atoms with Crippen molar-refractivity contribution in [1.82, 2.24) is 14.5 Å². The number of aryl methyl sites for hydroxylation is 1. The van der Waals surface area contributed by atoms with Gasteiger partial charge in [0.15, 0.2) is 5.65 Å². The molecule has 0 amide bonds. The second-order valence-electron chi connectivity index (χ2n) is 5.07. The number of aliphatic hydroxyl groups excluding tert-OH is 1. The third kappa shape index (κ3) is 1.69. The fraction of sp³-hybridized carbons (Fsp3) is 0.500. The van der Waals surface area contributed by atoms with Crippen molar-refractivity contribution in [2.45, 2.75) is 32.8 Å². The Labute approximate surface area is 95.0 Å². The molecule has 0 bridgehead atoms. The van der Waals surface area contributed by atoms with E-state index in [4.69, 9.17) is 5.11 Å². The molecule has 2 aromatic rings. The molecule has 0 radical (unpaired) electrons. The molecule has 0 aromatic carbocycles. The second-order valence-corrected chi connectivity index (χ2v) is 5.07. The molecule has 0 spiro atoms. The average Bonchev–Trinajstić information content (AvgIpc) is 2.55. The quantitative estimate of drug-likeness (QED) is 0.795. The van der Waals surface area contributed by atoms with Crippen molar-refractivity contribution in [3.8, 4) is 0 Å². The molecule has 4 heteroatoms. The number of hydrogen-bond acceptors (Lipinski definition) is 3. The zero-order valence-electron chi connectivity index (χ0n) is 10.2. The summed E-state index contributed by atoms with van der Waals surface area (Å²) in [6.45, 7) is 6.41. The topological polar surface area (TPSA) is 50.9 Å². The van der Waals surface area contributed by atoms with Crippen LogP contribution in [0.15, 0.2) is 12.3 Å². The second kappa shape index (κ2) is 3.56. The minimum absolute atomic E-state index is 0.0660. The molecule has 0 fully saturated rings. The van der Waals surface area contributed by atoms with E-state index in [1.165, 1.54) is 5.69 Å². The van der Waals surface area contributed by atoms with Crippen molar-refractivity contribution in [3.05, 3.63) is 23.7 Å². The molecule has 0 saturated carbocycles. The third-order valence-electron chi connectivity index (χ3n) is 2.71. The van der Waals surface area contributed by atoms with Gasteiger partial charge in [-0.15, -0.1) is 0 Å². The van der Waals surface area contributed by atoms with Gasteiger partial charge in [-0.1, -0.05) is 20.8 Å². The van der Waals surface area contributed by atoms with Crippen LogP contribution < -0.4 is 0 Å². The minimum Gasteiger partial charge on any atom is -0.390 e. The van der Waals surface area contributed by atoms with E-state index >= 15 is 0 Å². The molecular formula is C12H17N3O. The minimum atomic E-state index is -0.0705. The maximum Gasteiger partial charge on any atom is 0.159 e. The number of hydrogen-bond donors (Lipinski definition) is 1. The Morgan fingerprint density at radius 1 is 1.38 bits per heavy atom. The molecule has 0 saturated heterocycles. The van der Waals surface area contributed by atoms with E-state index in [1.807, 2.05) is 11.6 Å². The Bertz CT molecular complexity index is 523. The van der Waals surface area contributed by atoms with Crippen LogP contribution >= 0.6 is 0 Å². The predicted octanol–water partition coefficient (Wildman–Crippen LogP) is 1.76. The van der Waals surface area contributed by atoms with Gasteiger partial charge in [0.1, 0.15) is 5.52 Å². The van der Waals surface area contributed by atoms with Gasteiger partial charge in [-0.3, -0.25) is 4.98 Å². The SMILES string of the molecule is Cn1c(C(C)(C)C)cc2ncc(CO)nc21. The molecule has 4 nitrogen and oxygen atoms in total. The summed E-state index contributed by atoms with van der Waals surface area (Å²) in [7, 11) is 1.98. The van der Waals surface area contributed by atoms with E-state index in [0.29, 0.717) is 5.69 Å². The average molecular weight is 219 g/mol. The van der Waals surface area contributed by atoms with Crippen LogP contribution in [0.3, 0.4) is 0 Å². The lowest BCUT2D eigenvalue weighted by atomic mass is 9.92. The Morgan fingerprint density at radius 2 is 2.06 bits per heavy atom. The molecule has 0 unspecified atom stereocenters. The molecule has 16 heavy (non-hydrogen) atoms. The van der Waals surface area contributed by atoms with Crippen molar-refractivity contribution in [3.63, 3.8) is 0 Å². The summed E-state index contributed by atoms with van der Waals surface area (Å²) in [5, 5.41) is 9.04. The van der Waals surface area contributed by atoms with Crippen molar-refractivity contribution >= 4 is 11.2 Å². The first-order valence-corrected chi connectivity index (χ1v) is 5.36. The highest BCUT2D eigenvalue weighted by molar-refractivity contribution is 5.73. The first kappa shape index (κ1) is 11.1. The first-order chi connectivity index (χ1) is 7.43. The molecule has 2 heterocycles. The van der Waals surface area contributed by atoms with Gasteiger partial charge in [-0.25, -0.2) is 4.98 Å². The smallest absolute Gasteiger partial charge is 0.159 e. The molecular weight excluding hydrogens is 202 g/mol. The fourth-order valence-corrected chi connectivity index (χ4v) is 1.91. The monoisotopic (exact) mass is 219 g/mol. The maximum absolute atomic E-state index is 9.04. The highest BCUT2D eigenvalue weighted by atomic mass is 16.3. The van der Waals surface area contributed by atoms with E-state index in [9.17, 15) is 0 Å². The van der Waals surface area contributed by atoms with Crippen molar-refractivity contribution in [2.75, 3.05) is 0 Å². The van der Waals surface area contributed by atoms with Crippen LogP contribution in [0.25, 0.3) is 11.2 Å². The Morgan fingerprint density at radius 3 is 2.62 bits per heavy atom. The zero-order valence-corrected chi connectivity index (χ0v) is 10.2. The summed E-state index contributed by atoms with van der Waals surface area (Å²) in [5.74, 6) is 0. The van der Waals surface area contributed by atoms with Crippen LogP contribution in [0, 0.1) is 0 Å². The molecule has 0 aliphatic rings. The standard InChI is InChI=1S/C12H17N3O/c1-12(2,3)10-5-9-11(15(10)4)14-8(7-16)6-13-9/h5-6,16H,7H2,1-4H3. The van der Waals surface area contributed by atoms with Gasteiger partial charge in [-0.05, 0) is 6.07 Å². The van der Waals surface area contributed by atoms with Gasteiger partial charge in [0.2, 0.25) is 0 Å². The number of rotatable bonds is 1. The number of aromatic nitrogens is 3. The predicted molar refractivity (Wildman–Crippen MR) is 63.1 cm³/mol. The summed E-state index contributed by atoms with van der Waals surface area (Å²) in [5.41, 5.74) is 3.57. The maximum atomic E-state index is 9.04. The Balaban J connectivity index is 2.69. The number of aliphatic hydroxyl groups is 1. The van der Waals surface area contributed by atoms with Crippen LogP contribution in [0.4, 0.5) is 0 Å². The fourth-order valence-electron chi connectivity index (χ4n) is 1.91. The highest BCUT2D eigenvalue weighted by Gasteiger charge is 2.20. The van der Waals surface area contributed by atoms with Crippen LogP contribution in [0.5, 0.6) is 0 Å². The molecule has 0 aliphatic heterocycles. The van der Waals surface area contributed by atoms with Crippen molar-refractivity contribution < 1.29 is 5.11 Å². The third-order valence-corrected chi connectivity index (χ3v) is 2.71. The lowest BCUT2D eigenvalue weighted by Crippen LogP contribution is -2.15. The van der Waals surface area contributed by atoms with Crippen molar-refractivity contribution in [2.24, 2.45) is 7.05 Å². The first-order valence-electron chi connectivity index (χ1n) is 5.36. The Hall–Kier alpha value is -1.42. The van der Waals surface area contributed by atoms with Gasteiger partial charge < -0.3 is 9.67 Å². The summed E-state index contributed by atoms with van der Waals surface area (Å²) < 4.78 is 2.04. The molecule has 0 aliphatic carbocycles. The normalized spacial score (nSPS) is 12.3. The van der Waals surface area contributed by atoms with Gasteiger partial charge >= 0.3 is 0 Å². The highest BCUT2D eigenvalue weighted by Crippen LogP contribution is 2.26.